The highest BCUT2D eigenvalue weighted by Crippen LogP contribution is 2.24. The molecule has 0 spiro atoms. The fraction of sp³-hybridized carbons (Fsp3) is 0.667. The molecule has 1 rings (SSSR count). The average molecular weight is 258 g/mol. The second kappa shape index (κ2) is 6.17. The van der Waals surface area contributed by atoms with Crippen molar-refractivity contribution in [3.05, 3.63) is 17.0 Å². The van der Waals surface area contributed by atoms with Crippen LogP contribution in [0.1, 0.15) is 32.3 Å². The smallest absolute Gasteiger partial charge is 0.137 e. The highest BCUT2D eigenvalue weighted by molar-refractivity contribution is 6.30. The molecule has 0 amide bonds. The highest BCUT2D eigenvalue weighted by Gasteiger charge is 2.17. The summed E-state index contributed by atoms with van der Waals surface area (Å²) in [4.78, 5) is 8.08. The third-order valence-corrected chi connectivity index (χ3v) is 3.15. The normalized spacial score (nSPS) is 11.6. The van der Waals surface area contributed by atoms with Gasteiger partial charge in [0.25, 0.3) is 0 Å². The summed E-state index contributed by atoms with van der Waals surface area (Å²) in [6.45, 7) is 7.25. The molecule has 0 aromatic carbocycles. The Morgan fingerprint density at radius 2 is 2.12 bits per heavy atom. The van der Waals surface area contributed by atoms with Crippen LogP contribution in [0, 0.1) is 12.3 Å². The number of aromatic nitrogens is 2. The lowest BCUT2D eigenvalue weighted by molar-refractivity contribution is 0.248. The molecule has 5 heteroatoms. The van der Waals surface area contributed by atoms with E-state index in [4.69, 9.17) is 16.7 Å². The first-order valence-electron chi connectivity index (χ1n) is 5.78. The van der Waals surface area contributed by atoms with Gasteiger partial charge >= 0.3 is 0 Å². The Kier molecular flexibility index (Phi) is 5.15. The maximum atomic E-state index is 8.84. The van der Waals surface area contributed by atoms with Crippen molar-refractivity contribution in [3.63, 3.8) is 0 Å². The van der Waals surface area contributed by atoms with Crippen molar-refractivity contribution in [3.8, 4) is 0 Å². The second-order valence-electron chi connectivity index (χ2n) is 4.98. The molecule has 0 aliphatic carbocycles. The van der Waals surface area contributed by atoms with Crippen molar-refractivity contribution in [1.29, 1.82) is 0 Å². The lowest BCUT2D eigenvalue weighted by Crippen LogP contribution is -2.24. The van der Waals surface area contributed by atoms with Crippen LogP contribution in [-0.2, 0) is 0 Å². The van der Waals surface area contributed by atoms with E-state index in [1.807, 2.05) is 6.92 Å². The van der Waals surface area contributed by atoms with Crippen LogP contribution in [0.2, 0.25) is 5.15 Å². The van der Waals surface area contributed by atoms with Gasteiger partial charge < -0.3 is 10.4 Å². The lowest BCUT2D eigenvalue weighted by atomic mass is 9.88. The Balaban J connectivity index is 2.58. The quantitative estimate of drug-likeness (QED) is 0.770. The molecule has 17 heavy (non-hydrogen) atoms. The third kappa shape index (κ3) is 4.48. The Morgan fingerprint density at radius 1 is 1.41 bits per heavy atom. The standard InChI is InChI=1S/C12H20ClN3O/c1-9-10(13)15-8-16-11(9)14-7-12(2,3)5-4-6-17/h8,17H,4-7H2,1-3H3,(H,14,15,16). The molecule has 4 nitrogen and oxygen atoms in total. The number of halogens is 1. The number of rotatable bonds is 6. The first kappa shape index (κ1) is 14.2. The first-order chi connectivity index (χ1) is 7.96. The van der Waals surface area contributed by atoms with Crippen LogP contribution in [0.15, 0.2) is 6.33 Å². The summed E-state index contributed by atoms with van der Waals surface area (Å²) >= 11 is 5.92. The fourth-order valence-corrected chi connectivity index (χ4v) is 1.71. The number of aliphatic hydroxyl groups excluding tert-OH is 1. The summed E-state index contributed by atoms with van der Waals surface area (Å²) in [5.74, 6) is 0.780. The van der Waals surface area contributed by atoms with E-state index < -0.39 is 0 Å². The molecule has 0 radical (unpaired) electrons. The Hall–Kier alpha value is -0.870. The van der Waals surface area contributed by atoms with Crippen LogP contribution in [-0.4, -0.2) is 28.2 Å². The van der Waals surface area contributed by atoms with Crippen molar-refractivity contribution in [1.82, 2.24) is 9.97 Å². The van der Waals surface area contributed by atoms with Gasteiger partial charge in [-0.2, -0.15) is 0 Å². The minimum Gasteiger partial charge on any atom is -0.396 e. The van der Waals surface area contributed by atoms with Gasteiger partial charge in [-0.15, -0.1) is 0 Å². The second-order valence-corrected chi connectivity index (χ2v) is 5.34. The largest absolute Gasteiger partial charge is 0.396 e. The molecule has 1 aromatic heterocycles. The molecule has 0 aliphatic rings. The van der Waals surface area contributed by atoms with E-state index in [-0.39, 0.29) is 12.0 Å². The molecule has 0 bridgehead atoms. The van der Waals surface area contributed by atoms with Crippen molar-refractivity contribution in [2.24, 2.45) is 5.41 Å². The molecule has 1 aromatic rings. The van der Waals surface area contributed by atoms with Gasteiger partial charge in [0.1, 0.15) is 17.3 Å². The monoisotopic (exact) mass is 257 g/mol. The van der Waals surface area contributed by atoms with E-state index in [1.54, 1.807) is 0 Å². The van der Waals surface area contributed by atoms with E-state index >= 15 is 0 Å². The van der Waals surface area contributed by atoms with E-state index in [9.17, 15) is 0 Å². The lowest BCUT2D eigenvalue weighted by Gasteiger charge is -2.25. The van der Waals surface area contributed by atoms with Crippen LogP contribution in [0.5, 0.6) is 0 Å². The van der Waals surface area contributed by atoms with E-state index in [1.165, 1.54) is 6.33 Å². The maximum absolute atomic E-state index is 8.84. The molecule has 0 atom stereocenters. The van der Waals surface area contributed by atoms with Gasteiger partial charge in [0.05, 0.1) is 0 Å². The van der Waals surface area contributed by atoms with Gasteiger partial charge in [-0.05, 0) is 25.2 Å². The Bertz CT molecular complexity index is 369. The number of nitrogens with one attached hydrogen (secondary N) is 1. The van der Waals surface area contributed by atoms with E-state index in [0.29, 0.717) is 5.15 Å². The van der Waals surface area contributed by atoms with Crippen molar-refractivity contribution in [2.45, 2.75) is 33.6 Å². The van der Waals surface area contributed by atoms with Crippen LogP contribution < -0.4 is 5.32 Å². The van der Waals surface area contributed by atoms with Gasteiger partial charge in [-0.3, -0.25) is 0 Å². The number of hydrogen-bond donors (Lipinski definition) is 2. The number of aliphatic hydroxyl groups is 1. The molecule has 96 valence electrons. The summed E-state index contributed by atoms with van der Waals surface area (Å²) in [7, 11) is 0. The first-order valence-corrected chi connectivity index (χ1v) is 6.16. The summed E-state index contributed by atoms with van der Waals surface area (Å²) in [5, 5.41) is 12.6. The molecule has 2 N–H and O–H groups in total. The topological polar surface area (TPSA) is 58.0 Å². The number of hydrogen-bond acceptors (Lipinski definition) is 4. The van der Waals surface area contributed by atoms with Crippen molar-refractivity contribution < 1.29 is 5.11 Å². The molecule has 0 saturated heterocycles. The van der Waals surface area contributed by atoms with E-state index in [0.717, 1.165) is 30.8 Å². The van der Waals surface area contributed by atoms with Crippen LogP contribution >= 0.6 is 11.6 Å². The van der Waals surface area contributed by atoms with Crippen LogP contribution in [0.25, 0.3) is 0 Å². The Morgan fingerprint density at radius 3 is 2.76 bits per heavy atom. The van der Waals surface area contributed by atoms with E-state index in [2.05, 4.69) is 29.1 Å². The van der Waals surface area contributed by atoms with Crippen molar-refractivity contribution in [2.75, 3.05) is 18.5 Å². The zero-order valence-corrected chi connectivity index (χ0v) is 11.4. The molecular weight excluding hydrogens is 238 g/mol. The van der Waals surface area contributed by atoms with Gasteiger partial charge in [0.15, 0.2) is 0 Å². The fourth-order valence-electron chi connectivity index (χ4n) is 1.58. The zero-order chi connectivity index (χ0) is 12.9. The highest BCUT2D eigenvalue weighted by atomic mass is 35.5. The van der Waals surface area contributed by atoms with Gasteiger partial charge in [0, 0.05) is 18.7 Å². The predicted molar refractivity (Wildman–Crippen MR) is 70.4 cm³/mol. The SMILES string of the molecule is Cc1c(Cl)ncnc1NCC(C)(C)CCCO. The predicted octanol–water partition coefficient (Wildman–Crippen LogP) is 2.65. The van der Waals surface area contributed by atoms with Crippen LogP contribution in [0.3, 0.4) is 0 Å². The van der Waals surface area contributed by atoms with Gasteiger partial charge in [0.2, 0.25) is 0 Å². The minimum atomic E-state index is 0.118. The molecule has 1 heterocycles. The Labute approximate surface area is 107 Å². The molecule has 0 fully saturated rings. The van der Waals surface area contributed by atoms with Crippen molar-refractivity contribution >= 4 is 17.4 Å². The van der Waals surface area contributed by atoms with Crippen LogP contribution in [0.4, 0.5) is 5.82 Å². The molecule has 0 aliphatic heterocycles. The molecular formula is C12H20ClN3O. The number of anilines is 1. The molecule has 0 unspecified atom stereocenters. The molecule has 0 saturated carbocycles. The summed E-state index contributed by atoms with van der Waals surface area (Å²) in [5.41, 5.74) is 0.985. The number of nitrogens with zero attached hydrogens (tertiary/aromatic N) is 2. The summed E-state index contributed by atoms with van der Waals surface area (Å²) < 4.78 is 0. The third-order valence-electron chi connectivity index (χ3n) is 2.77. The van der Waals surface area contributed by atoms with Gasteiger partial charge in [-0.25, -0.2) is 9.97 Å². The zero-order valence-electron chi connectivity index (χ0n) is 10.6. The minimum absolute atomic E-state index is 0.118. The average Bonchev–Trinajstić information content (AvgIpc) is 2.29. The summed E-state index contributed by atoms with van der Waals surface area (Å²) in [6.07, 6.45) is 3.24. The maximum Gasteiger partial charge on any atom is 0.137 e. The van der Waals surface area contributed by atoms with Gasteiger partial charge in [-0.1, -0.05) is 25.4 Å². The summed E-state index contributed by atoms with van der Waals surface area (Å²) in [6, 6.07) is 0.